The number of hydrogen-bond donors (Lipinski definition) is 3. The van der Waals surface area contributed by atoms with Crippen LogP contribution in [0.2, 0.25) is 0 Å². The highest BCUT2D eigenvalue weighted by Crippen LogP contribution is 2.39. The second kappa shape index (κ2) is 11.4. The Kier molecular flexibility index (Phi) is 10.00. The molecule has 0 aromatic carbocycles. The Labute approximate surface area is 179 Å². The first-order valence-corrected chi connectivity index (χ1v) is 9.30. The second-order valence-corrected chi connectivity index (χ2v) is 7.06. The van der Waals surface area contributed by atoms with Crippen LogP contribution in [0.25, 0.3) is 0 Å². The summed E-state index contributed by atoms with van der Waals surface area (Å²) in [5.41, 5.74) is 0.411. The van der Waals surface area contributed by atoms with Crippen LogP contribution in [-0.4, -0.2) is 60.6 Å². The molecule has 1 heterocycles. The number of carbonyl (C=O) groups excluding carboxylic acids is 1. The predicted molar refractivity (Wildman–Crippen MR) is 118 cm³/mol. The van der Waals surface area contributed by atoms with Crippen LogP contribution in [0.4, 0.5) is 0 Å². The van der Waals surface area contributed by atoms with Crippen LogP contribution >= 0.6 is 24.0 Å². The maximum absolute atomic E-state index is 12.7. The fraction of sp³-hybridized carbons (Fsp3) is 0.632. The first-order valence-electron chi connectivity index (χ1n) is 9.30. The summed E-state index contributed by atoms with van der Waals surface area (Å²) in [6.45, 7) is 3.51. The van der Waals surface area contributed by atoms with Gasteiger partial charge in [0.05, 0.1) is 18.1 Å². The Morgan fingerprint density at radius 2 is 1.93 bits per heavy atom. The summed E-state index contributed by atoms with van der Waals surface area (Å²) in [7, 11) is 3.61. The zero-order valence-electron chi connectivity index (χ0n) is 16.4. The fourth-order valence-electron chi connectivity index (χ4n) is 3.43. The molecule has 3 N–H and O–H groups in total. The number of aliphatic hydroxyl groups excluding tert-OH is 1. The van der Waals surface area contributed by atoms with E-state index in [9.17, 15) is 9.90 Å². The molecule has 0 aliphatic heterocycles. The van der Waals surface area contributed by atoms with Gasteiger partial charge in [-0.1, -0.05) is 12.8 Å². The molecule has 1 saturated carbocycles. The molecule has 1 aliphatic carbocycles. The number of rotatable bonds is 7. The summed E-state index contributed by atoms with van der Waals surface area (Å²) in [5.74, 6) is 0.782. The van der Waals surface area contributed by atoms with Gasteiger partial charge in [0.1, 0.15) is 0 Å². The van der Waals surface area contributed by atoms with Crippen molar-refractivity contribution < 1.29 is 9.90 Å². The van der Waals surface area contributed by atoms with Crippen LogP contribution in [-0.2, 0) is 4.79 Å². The van der Waals surface area contributed by atoms with E-state index in [0.717, 1.165) is 31.2 Å². The lowest BCUT2D eigenvalue weighted by Crippen LogP contribution is -2.43. The van der Waals surface area contributed by atoms with Crippen molar-refractivity contribution in [1.82, 2.24) is 20.5 Å². The highest BCUT2D eigenvalue weighted by atomic mass is 127. The molecular formula is C19H32IN5O2. The molecule has 152 valence electrons. The predicted octanol–water partition coefficient (Wildman–Crippen LogP) is 1.94. The zero-order valence-corrected chi connectivity index (χ0v) is 18.8. The Bertz CT molecular complexity index is 603. The lowest BCUT2D eigenvalue weighted by molar-refractivity contribution is -0.138. The van der Waals surface area contributed by atoms with E-state index in [0.29, 0.717) is 25.6 Å². The van der Waals surface area contributed by atoms with Crippen LogP contribution in [0.15, 0.2) is 29.5 Å². The number of halogens is 1. The highest BCUT2D eigenvalue weighted by Gasteiger charge is 2.42. The third-order valence-electron chi connectivity index (χ3n) is 4.86. The fourth-order valence-corrected chi connectivity index (χ4v) is 3.43. The number of carbonyl (C=O) groups is 1. The Morgan fingerprint density at radius 1 is 1.30 bits per heavy atom. The molecule has 1 fully saturated rings. The molecule has 8 heteroatoms. The molecule has 1 atom stereocenters. The smallest absolute Gasteiger partial charge is 0.230 e. The van der Waals surface area contributed by atoms with Gasteiger partial charge in [-0.3, -0.25) is 14.8 Å². The van der Waals surface area contributed by atoms with Crippen molar-refractivity contribution in [2.45, 2.75) is 38.7 Å². The largest absolute Gasteiger partial charge is 0.387 e. The third-order valence-corrected chi connectivity index (χ3v) is 4.86. The molecule has 0 saturated heterocycles. The maximum Gasteiger partial charge on any atom is 0.230 e. The lowest BCUT2D eigenvalue weighted by atomic mass is 9.85. The van der Waals surface area contributed by atoms with E-state index in [2.05, 4.69) is 20.6 Å². The Hall–Kier alpha value is -1.42. The van der Waals surface area contributed by atoms with Crippen LogP contribution in [0.5, 0.6) is 0 Å². The molecule has 1 aliphatic rings. The first kappa shape index (κ1) is 23.6. The second-order valence-electron chi connectivity index (χ2n) is 7.06. The molecule has 1 aromatic rings. The Morgan fingerprint density at radius 3 is 2.48 bits per heavy atom. The van der Waals surface area contributed by atoms with Gasteiger partial charge >= 0.3 is 0 Å². The minimum atomic E-state index is -0.647. The van der Waals surface area contributed by atoms with Gasteiger partial charge < -0.3 is 20.6 Å². The maximum atomic E-state index is 12.7. The molecule has 1 amide bonds. The van der Waals surface area contributed by atoms with Crippen molar-refractivity contribution in [2.24, 2.45) is 10.4 Å². The summed E-state index contributed by atoms with van der Waals surface area (Å²) < 4.78 is 0. The SMILES string of the molecule is CCNC(=NCC1(C(=O)N(C)C)CCCC1)NCC(O)c1ccncc1.I. The van der Waals surface area contributed by atoms with Crippen molar-refractivity contribution in [1.29, 1.82) is 0 Å². The van der Waals surface area contributed by atoms with Crippen molar-refractivity contribution in [3.8, 4) is 0 Å². The molecule has 0 spiro atoms. The van der Waals surface area contributed by atoms with E-state index in [-0.39, 0.29) is 29.9 Å². The number of hydrogen-bond acceptors (Lipinski definition) is 4. The Balaban J connectivity index is 0.00000364. The van der Waals surface area contributed by atoms with Gasteiger partial charge in [-0.2, -0.15) is 0 Å². The summed E-state index contributed by atoms with van der Waals surface area (Å²) in [6, 6.07) is 3.58. The van der Waals surface area contributed by atoms with E-state index in [1.165, 1.54) is 0 Å². The normalized spacial score (nSPS) is 17.0. The van der Waals surface area contributed by atoms with E-state index in [1.54, 1.807) is 43.5 Å². The minimum absolute atomic E-state index is 0. The summed E-state index contributed by atoms with van der Waals surface area (Å²) in [6.07, 6.45) is 6.58. The molecule has 2 rings (SSSR count). The molecule has 7 nitrogen and oxygen atoms in total. The third kappa shape index (κ3) is 6.60. The van der Waals surface area contributed by atoms with E-state index >= 15 is 0 Å². The quantitative estimate of drug-likeness (QED) is 0.310. The van der Waals surface area contributed by atoms with Crippen molar-refractivity contribution in [3.63, 3.8) is 0 Å². The van der Waals surface area contributed by atoms with Gasteiger partial charge in [0.2, 0.25) is 5.91 Å². The van der Waals surface area contributed by atoms with Gasteiger partial charge in [-0.15, -0.1) is 24.0 Å². The number of guanidine groups is 1. The summed E-state index contributed by atoms with van der Waals surface area (Å²) >= 11 is 0. The average Bonchev–Trinajstić information content (AvgIpc) is 3.13. The molecule has 1 unspecified atom stereocenters. The van der Waals surface area contributed by atoms with Gasteiger partial charge in [0.15, 0.2) is 5.96 Å². The monoisotopic (exact) mass is 489 g/mol. The number of aliphatic hydroxyl groups is 1. The molecule has 0 bridgehead atoms. The lowest BCUT2D eigenvalue weighted by Gasteiger charge is -2.29. The number of nitrogens with one attached hydrogen (secondary N) is 2. The average molecular weight is 489 g/mol. The molecule has 1 aromatic heterocycles. The molecular weight excluding hydrogens is 457 g/mol. The number of aliphatic imine (C=N–C) groups is 1. The van der Waals surface area contributed by atoms with Crippen molar-refractivity contribution in [3.05, 3.63) is 30.1 Å². The van der Waals surface area contributed by atoms with Crippen LogP contribution in [0.1, 0.15) is 44.3 Å². The standard InChI is InChI=1S/C19H31N5O2.HI/c1-4-21-18(22-13-16(25)15-7-11-20-12-8-15)23-14-19(9-5-6-10-19)17(26)24(2)3;/h7-8,11-12,16,25H,4-6,9-10,13-14H2,1-3H3,(H2,21,22,23);1H. The number of pyridine rings is 1. The molecule has 0 radical (unpaired) electrons. The van der Waals surface area contributed by atoms with E-state index in [4.69, 9.17) is 0 Å². The number of aromatic nitrogens is 1. The summed E-state index contributed by atoms with van der Waals surface area (Å²) in [4.78, 5) is 23.0. The zero-order chi connectivity index (χ0) is 19.0. The van der Waals surface area contributed by atoms with E-state index in [1.807, 2.05) is 6.92 Å². The van der Waals surface area contributed by atoms with Gasteiger partial charge in [-0.05, 0) is 37.5 Å². The minimum Gasteiger partial charge on any atom is -0.387 e. The number of amides is 1. The van der Waals surface area contributed by atoms with Crippen molar-refractivity contribution >= 4 is 35.8 Å². The topological polar surface area (TPSA) is 89.9 Å². The van der Waals surface area contributed by atoms with Crippen LogP contribution in [0.3, 0.4) is 0 Å². The van der Waals surface area contributed by atoms with E-state index < -0.39 is 11.5 Å². The van der Waals surface area contributed by atoms with Gasteiger partial charge in [-0.25, -0.2) is 0 Å². The van der Waals surface area contributed by atoms with Gasteiger partial charge in [0, 0.05) is 39.6 Å². The highest BCUT2D eigenvalue weighted by molar-refractivity contribution is 14.0. The summed E-state index contributed by atoms with van der Waals surface area (Å²) in [5, 5.41) is 16.7. The first-order chi connectivity index (χ1) is 12.5. The number of nitrogens with zero attached hydrogens (tertiary/aromatic N) is 3. The van der Waals surface area contributed by atoms with Crippen molar-refractivity contribution in [2.75, 3.05) is 33.7 Å². The van der Waals surface area contributed by atoms with Crippen LogP contribution < -0.4 is 10.6 Å². The van der Waals surface area contributed by atoms with Crippen LogP contribution in [0, 0.1) is 5.41 Å². The van der Waals surface area contributed by atoms with Gasteiger partial charge in [0.25, 0.3) is 0 Å². The molecule has 27 heavy (non-hydrogen) atoms.